The van der Waals surface area contributed by atoms with Crippen LogP contribution in [-0.2, 0) is 19.7 Å². The fourth-order valence-corrected chi connectivity index (χ4v) is 3.79. The van der Waals surface area contributed by atoms with Crippen LogP contribution >= 0.6 is 0 Å². The molecule has 0 bridgehead atoms. The maximum Gasteiger partial charge on any atom is 0.307 e. The zero-order valence-corrected chi connectivity index (χ0v) is 11.9. The molecule has 2 saturated heterocycles. The molecule has 2 rings (SSSR count). The van der Waals surface area contributed by atoms with Gasteiger partial charge in [0.15, 0.2) is 0 Å². The van der Waals surface area contributed by atoms with Gasteiger partial charge in [0.1, 0.15) is 5.60 Å². The summed E-state index contributed by atoms with van der Waals surface area (Å²) in [6, 6.07) is 0. The summed E-state index contributed by atoms with van der Waals surface area (Å²) in [5.41, 5.74) is -1.17. The Hall–Kier alpha value is -0.740. The zero-order valence-electron chi connectivity index (χ0n) is 11.1. The standard InChI is InChI=1S/C11H20N2O6S/c14-10(15)9-2-1-4-13(6-9)20(17,18)12-7-11(16)3-5-19-8-11/h9,12,16H,1-8H2,(H,14,15). The molecule has 2 fully saturated rings. The number of nitrogens with zero attached hydrogens (tertiary/aromatic N) is 1. The van der Waals surface area contributed by atoms with Gasteiger partial charge in [-0.2, -0.15) is 17.4 Å². The highest BCUT2D eigenvalue weighted by Crippen LogP contribution is 2.20. The molecule has 20 heavy (non-hydrogen) atoms. The molecule has 0 radical (unpaired) electrons. The Kier molecular flexibility index (Phi) is 4.65. The molecule has 0 amide bonds. The maximum absolute atomic E-state index is 12.1. The number of ether oxygens (including phenoxy) is 1. The van der Waals surface area contributed by atoms with Crippen molar-refractivity contribution in [3.05, 3.63) is 0 Å². The molecule has 2 atom stereocenters. The van der Waals surface area contributed by atoms with Gasteiger partial charge in [0.2, 0.25) is 0 Å². The number of rotatable bonds is 5. The fourth-order valence-electron chi connectivity index (χ4n) is 2.42. The van der Waals surface area contributed by atoms with Gasteiger partial charge in [0.25, 0.3) is 10.2 Å². The topological polar surface area (TPSA) is 116 Å². The number of carbonyl (C=O) groups is 1. The Morgan fingerprint density at radius 1 is 1.50 bits per heavy atom. The van der Waals surface area contributed by atoms with Crippen molar-refractivity contribution in [1.29, 1.82) is 0 Å². The number of aliphatic hydroxyl groups is 1. The largest absolute Gasteiger partial charge is 0.481 e. The Balaban J connectivity index is 1.94. The second-order valence-corrected chi connectivity index (χ2v) is 7.14. The normalized spacial score (nSPS) is 32.4. The minimum atomic E-state index is -3.77. The van der Waals surface area contributed by atoms with Crippen LogP contribution in [0.1, 0.15) is 19.3 Å². The third-order valence-corrected chi connectivity index (χ3v) is 5.26. The third kappa shape index (κ3) is 3.67. The first kappa shape index (κ1) is 15.6. The van der Waals surface area contributed by atoms with E-state index in [1.165, 1.54) is 0 Å². The van der Waals surface area contributed by atoms with Gasteiger partial charge in [-0.25, -0.2) is 0 Å². The minimum Gasteiger partial charge on any atom is -0.481 e. The fraction of sp³-hybridized carbons (Fsp3) is 0.909. The van der Waals surface area contributed by atoms with Crippen LogP contribution in [0.15, 0.2) is 0 Å². The number of hydrogen-bond acceptors (Lipinski definition) is 5. The molecular formula is C11H20N2O6S. The Labute approximate surface area is 117 Å². The second-order valence-electron chi connectivity index (χ2n) is 5.39. The first-order chi connectivity index (χ1) is 9.32. The Morgan fingerprint density at radius 2 is 2.25 bits per heavy atom. The number of carboxylic acid groups (broad SMARTS) is 1. The van der Waals surface area contributed by atoms with E-state index in [0.29, 0.717) is 32.4 Å². The van der Waals surface area contributed by atoms with Crippen LogP contribution < -0.4 is 4.72 Å². The van der Waals surface area contributed by atoms with Crippen molar-refractivity contribution in [2.24, 2.45) is 5.92 Å². The molecule has 3 N–H and O–H groups in total. The smallest absolute Gasteiger partial charge is 0.307 e. The van der Waals surface area contributed by atoms with Gasteiger partial charge in [0.05, 0.1) is 12.5 Å². The molecule has 116 valence electrons. The molecule has 2 aliphatic heterocycles. The van der Waals surface area contributed by atoms with Gasteiger partial charge < -0.3 is 14.9 Å². The van der Waals surface area contributed by atoms with Gasteiger partial charge in [-0.1, -0.05) is 0 Å². The molecule has 2 unspecified atom stereocenters. The highest BCUT2D eigenvalue weighted by atomic mass is 32.2. The van der Waals surface area contributed by atoms with Crippen LogP contribution in [-0.4, -0.2) is 67.4 Å². The third-order valence-electron chi connectivity index (χ3n) is 3.74. The lowest BCUT2D eigenvalue weighted by molar-refractivity contribution is -0.142. The number of hydrogen-bond donors (Lipinski definition) is 3. The van der Waals surface area contributed by atoms with E-state index in [1.54, 1.807) is 0 Å². The van der Waals surface area contributed by atoms with E-state index in [1.807, 2.05) is 0 Å². The molecule has 0 aromatic carbocycles. The summed E-state index contributed by atoms with van der Waals surface area (Å²) in [7, 11) is -3.77. The predicted octanol–water partition coefficient (Wildman–Crippen LogP) is -1.23. The lowest BCUT2D eigenvalue weighted by Gasteiger charge is -2.31. The molecular weight excluding hydrogens is 288 g/mol. The van der Waals surface area contributed by atoms with Crippen molar-refractivity contribution in [3.63, 3.8) is 0 Å². The zero-order chi connectivity index (χ0) is 14.8. The quantitative estimate of drug-likeness (QED) is 0.585. The summed E-state index contributed by atoms with van der Waals surface area (Å²) in [5.74, 6) is -1.65. The average molecular weight is 308 g/mol. The van der Waals surface area contributed by atoms with E-state index in [-0.39, 0.29) is 19.7 Å². The molecule has 0 saturated carbocycles. The minimum absolute atomic E-state index is 0.0282. The van der Waals surface area contributed by atoms with Crippen molar-refractivity contribution >= 4 is 16.2 Å². The summed E-state index contributed by atoms with van der Waals surface area (Å²) in [6.07, 6.45) is 1.39. The van der Waals surface area contributed by atoms with Crippen LogP contribution in [0, 0.1) is 5.92 Å². The van der Waals surface area contributed by atoms with Crippen LogP contribution in [0.5, 0.6) is 0 Å². The van der Waals surface area contributed by atoms with Gasteiger partial charge in [-0.05, 0) is 12.8 Å². The maximum atomic E-state index is 12.1. The summed E-state index contributed by atoms with van der Waals surface area (Å²) in [6.45, 7) is 0.660. The van der Waals surface area contributed by atoms with Crippen molar-refractivity contribution < 1.29 is 28.2 Å². The molecule has 0 aromatic heterocycles. The first-order valence-electron chi connectivity index (χ1n) is 6.60. The molecule has 8 nitrogen and oxygen atoms in total. The second kappa shape index (κ2) is 5.94. The van der Waals surface area contributed by atoms with Gasteiger partial charge in [-0.15, -0.1) is 0 Å². The summed E-state index contributed by atoms with van der Waals surface area (Å²) in [5, 5.41) is 19.0. The average Bonchev–Trinajstić information content (AvgIpc) is 2.84. The highest BCUT2D eigenvalue weighted by Gasteiger charge is 2.36. The molecule has 9 heteroatoms. The lowest BCUT2D eigenvalue weighted by Crippen LogP contribution is -2.51. The van der Waals surface area contributed by atoms with Crippen LogP contribution in [0.3, 0.4) is 0 Å². The summed E-state index contributed by atoms with van der Waals surface area (Å²) in [4.78, 5) is 10.9. The van der Waals surface area contributed by atoms with E-state index < -0.39 is 27.7 Å². The van der Waals surface area contributed by atoms with Crippen LogP contribution in [0.4, 0.5) is 0 Å². The predicted molar refractivity (Wildman–Crippen MR) is 69.2 cm³/mol. The Morgan fingerprint density at radius 3 is 2.85 bits per heavy atom. The van der Waals surface area contributed by atoms with E-state index in [2.05, 4.69) is 4.72 Å². The van der Waals surface area contributed by atoms with E-state index in [9.17, 15) is 18.3 Å². The number of nitrogens with one attached hydrogen (secondary N) is 1. The Bertz CT molecular complexity index is 460. The molecule has 0 spiro atoms. The van der Waals surface area contributed by atoms with Crippen molar-refractivity contribution in [2.75, 3.05) is 32.8 Å². The lowest BCUT2D eigenvalue weighted by atomic mass is 10.0. The van der Waals surface area contributed by atoms with Gasteiger partial charge in [0, 0.05) is 32.7 Å². The first-order valence-corrected chi connectivity index (χ1v) is 8.04. The van der Waals surface area contributed by atoms with E-state index >= 15 is 0 Å². The number of aliphatic carboxylic acids is 1. The van der Waals surface area contributed by atoms with Crippen LogP contribution in [0.25, 0.3) is 0 Å². The van der Waals surface area contributed by atoms with E-state index in [4.69, 9.17) is 9.84 Å². The van der Waals surface area contributed by atoms with Crippen LogP contribution in [0.2, 0.25) is 0 Å². The molecule has 2 aliphatic rings. The van der Waals surface area contributed by atoms with E-state index in [0.717, 1.165) is 4.31 Å². The van der Waals surface area contributed by atoms with Crippen molar-refractivity contribution in [1.82, 2.24) is 9.03 Å². The molecule has 0 aliphatic carbocycles. The highest BCUT2D eigenvalue weighted by molar-refractivity contribution is 7.87. The van der Waals surface area contributed by atoms with Gasteiger partial charge >= 0.3 is 5.97 Å². The van der Waals surface area contributed by atoms with Crippen molar-refractivity contribution in [2.45, 2.75) is 24.9 Å². The van der Waals surface area contributed by atoms with Gasteiger partial charge in [-0.3, -0.25) is 4.79 Å². The van der Waals surface area contributed by atoms with Crippen molar-refractivity contribution in [3.8, 4) is 0 Å². The SMILES string of the molecule is O=C(O)C1CCCN(S(=O)(=O)NCC2(O)CCOC2)C1. The monoisotopic (exact) mass is 308 g/mol. The molecule has 2 heterocycles. The number of carboxylic acids is 1. The summed E-state index contributed by atoms with van der Waals surface area (Å²) >= 11 is 0. The summed E-state index contributed by atoms with van der Waals surface area (Å²) < 4.78 is 32.8. The number of piperidine rings is 1. The molecule has 0 aromatic rings.